The van der Waals surface area contributed by atoms with Gasteiger partial charge in [-0.1, -0.05) is 0 Å². The number of hydrogen-bond acceptors (Lipinski definition) is 2. The number of hydrazone groups is 1. The van der Waals surface area contributed by atoms with Crippen molar-refractivity contribution < 1.29 is 0 Å². The molecule has 0 saturated carbocycles. The van der Waals surface area contributed by atoms with E-state index in [1.54, 1.807) is 0 Å². The molecular weight excluding hydrogens is 92.1 g/mol. The van der Waals surface area contributed by atoms with E-state index in [1.807, 2.05) is 6.21 Å². The van der Waals surface area contributed by atoms with Crippen LogP contribution in [-0.4, -0.2) is 27.8 Å². The van der Waals surface area contributed by atoms with Gasteiger partial charge >= 0.3 is 0 Å². The van der Waals surface area contributed by atoms with Crippen molar-refractivity contribution in [2.24, 2.45) is 5.10 Å². The van der Waals surface area contributed by atoms with Gasteiger partial charge in [-0.25, -0.2) is 0 Å². The molecule has 0 N–H and O–H groups in total. The summed E-state index contributed by atoms with van der Waals surface area (Å²) in [5, 5.41) is 4.01. The highest BCUT2D eigenvalue weighted by molar-refractivity contribution is 6.04. The van der Waals surface area contributed by atoms with Crippen LogP contribution in [0.15, 0.2) is 5.10 Å². The lowest BCUT2D eigenvalue weighted by Gasteiger charge is -2.01. The van der Waals surface area contributed by atoms with Gasteiger partial charge in [0.15, 0.2) is 0 Å². The Labute approximate surface area is 40.3 Å². The monoisotopic (exact) mass is 100 g/mol. The quantitative estimate of drug-likeness (QED) is 0.355. The van der Waals surface area contributed by atoms with E-state index in [2.05, 4.69) is 9.78 Å². The molecule has 0 amide bonds. The van der Waals surface area contributed by atoms with Crippen molar-refractivity contribution in [3.8, 4) is 0 Å². The van der Waals surface area contributed by atoms with Crippen molar-refractivity contribution in [1.82, 2.24) is 4.67 Å². The maximum atomic E-state index is 4.01. The Balaban J connectivity index is 2.38. The fourth-order valence-electron chi connectivity index (χ4n) is 0.499. The molecule has 0 unspecified atom stereocenters. The van der Waals surface area contributed by atoms with E-state index in [0.29, 0.717) is 0 Å². The van der Waals surface area contributed by atoms with E-state index in [4.69, 9.17) is 0 Å². The zero-order chi connectivity index (χ0) is 4.41. The molecule has 1 heterocycles. The Hall–Kier alpha value is -0.313. The van der Waals surface area contributed by atoms with Crippen LogP contribution < -0.4 is 0 Å². The fraction of sp³-hybridized carbons (Fsp3) is 0.667. The Kier molecular flexibility index (Phi) is 0.917. The summed E-state index contributed by atoms with van der Waals surface area (Å²) >= 11 is 0. The van der Waals surface area contributed by atoms with E-state index in [1.165, 1.54) is 0 Å². The van der Waals surface area contributed by atoms with Crippen LogP contribution in [0.3, 0.4) is 0 Å². The van der Waals surface area contributed by atoms with Crippen LogP contribution in [-0.2, 0) is 0 Å². The van der Waals surface area contributed by atoms with Gasteiger partial charge in [-0.2, -0.15) is 5.10 Å². The van der Waals surface area contributed by atoms with E-state index in [9.17, 15) is 0 Å². The highest BCUT2D eigenvalue weighted by Gasteiger charge is 1.93. The molecule has 0 aliphatic carbocycles. The van der Waals surface area contributed by atoms with Gasteiger partial charge < -0.3 is 4.67 Å². The van der Waals surface area contributed by atoms with Crippen molar-refractivity contribution in [1.29, 1.82) is 0 Å². The van der Waals surface area contributed by atoms with Crippen molar-refractivity contribution in [2.75, 3.05) is 6.54 Å². The molecule has 0 spiro atoms. The molecule has 1 rings (SSSR count). The summed E-state index contributed by atoms with van der Waals surface area (Å²) in [7, 11) is 1.09. The smallest absolute Gasteiger partial charge is 0.132 e. The number of hydrogen-bond donors (Lipinski definition) is 0. The first-order valence-corrected chi connectivity index (χ1v) is 3.02. The zero-order valence-electron chi connectivity index (χ0n) is 3.89. The Morgan fingerprint density at radius 3 is 2.83 bits per heavy atom. The molecule has 0 bridgehead atoms. The summed E-state index contributed by atoms with van der Waals surface area (Å²) in [5.74, 6) is 0. The van der Waals surface area contributed by atoms with Crippen molar-refractivity contribution in [2.45, 2.75) is 6.42 Å². The van der Waals surface area contributed by atoms with Crippen LogP contribution in [0.25, 0.3) is 0 Å². The van der Waals surface area contributed by atoms with Crippen LogP contribution in [0.4, 0.5) is 0 Å². The summed E-state index contributed by atoms with van der Waals surface area (Å²) in [4.78, 5) is 0. The maximum Gasteiger partial charge on any atom is 0.132 e. The first-order chi connectivity index (χ1) is 2.89. The third kappa shape index (κ3) is 0.595. The summed E-state index contributed by atoms with van der Waals surface area (Å²) in [6.45, 7) is 1.16. The van der Waals surface area contributed by atoms with Crippen LogP contribution >= 0.6 is 0 Å². The minimum Gasteiger partial charge on any atom is -0.335 e. The molecule has 6 heavy (non-hydrogen) atoms. The summed E-state index contributed by atoms with van der Waals surface area (Å²) in [6, 6.07) is 0. The molecule has 0 saturated heterocycles. The summed E-state index contributed by atoms with van der Waals surface area (Å²) in [6.07, 6.45) is 3.12. The van der Waals surface area contributed by atoms with Crippen LogP contribution in [0, 0.1) is 0 Å². The second-order valence-corrected chi connectivity index (χ2v) is 2.50. The molecule has 3 heteroatoms. The summed E-state index contributed by atoms with van der Waals surface area (Å²) < 4.78 is 2.07. The normalized spacial score (nSPS) is 20.3. The lowest BCUT2D eigenvalue weighted by atomic mass is 10.5. The predicted octanol–water partition coefficient (Wildman–Crippen LogP) is -1.04. The van der Waals surface area contributed by atoms with E-state index in [-0.39, 0.29) is 0 Å². The average Bonchev–Trinajstić information content (AvgIpc) is 1.86. The first-order valence-electron chi connectivity index (χ1n) is 2.13. The minimum absolute atomic E-state index is 1.09. The van der Waals surface area contributed by atoms with E-state index >= 15 is 0 Å². The highest BCUT2D eigenvalue weighted by Crippen LogP contribution is 1.90. The topological polar surface area (TPSA) is 15.6 Å². The van der Waals surface area contributed by atoms with Gasteiger partial charge in [-0.3, -0.25) is 0 Å². The predicted molar refractivity (Wildman–Crippen MR) is 29.8 cm³/mol. The van der Waals surface area contributed by atoms with Gasteiger partial charge in [0.25, 0.3) is 0 Å². The van der Waals surface area contributed by atoms with Gasteiger partial charge in [0, 0.05) is 19.2 Å². The van der Waals surface area contributed by atoms with Gasteiger partial charge in [0.2, 0.25) is 0 Å². The second-order valence-electron chi connectivity index (χ2n) is 1.47. The number of nitrogens with zero attached hydrogens (tertiary/aromatic N) is 2. The third-order valence-electron chi connectivity index (χ3n) is 0.861. The zero-order valence-corrected chi connectivity index (χ0v) is 5.89. The minimum atomic E-state index is 1.09. The second kappa shape index (κ2) is 1.42. The Morgan fingerprint density at radius 2 is 2.67 bits per heavy atom. The number of rotatable bonds is 0. The largest absolute Gasteiger partial charge is 0.335 e. The van der Waals surface area contributed by atoms with Crippen LogP contribution in [0.5, 0.6) is 0 Å². The molecule has 2 nitrogen and oxygen atoms in total. The standard InChI is InChI=1S/C3H8N2Si/c6-5-3-1-2-4-5/h2H,1,3H2,6H3. The van der Waals surface area contributed by atoms with E-state index < -0.39 is 0 Å². The third-order valence-corrected chi connectivity index (χ3v) is 1.54. The molecule has 0 radical (unpaired) electrons. The Bertz CT molecular complexity index is 71.2. The Morgan fingerprint density at radius 1 is 1.83 bits per heavy atom. The van der Waals surface area contributed by atoms with Crippen LogP contribution in [0.2, 0.25) is 0 Å². The molecule has 0 atom stereocenters. The first kappa shape index (κ1) is 3.86. The molecule has 0 aromatic rings. The van der Waals surface area contributed by atoms with Crippen molar-refractivity contribution >= 4 is 16.6 Å². The molecule has 0 aromatic heterocycles. The van der Waals surface area contributed by atoms with Gasteiger partial charge in [0.05, 0.1) is 0 Å². The molecule has 34 valence electrons. The average molecular weight is 100 g/mol. The highest BCUT2D eigenvalue weighted by atomic mass is 28.2. The van der Waals surface area contributed by atoms with Crippen LogP contribution in [0.1, 0.15) is 6.42 Å². The summed E-state index contributed by atoms with van der Waals surface area (Å²) in [5.41, 5.74) is 0. The van der Waals surface area contributed by atoms with Gasteiger partial charge in [0.1, 0.15) is 10.4 Å². The lowest BCUT2D eigenvalue weighted by molar-refractivity contribution is 0.534. The molecule has 1 aliphatic heterocycles. The molecule has 0 fully saturated rings. The molecule has 1 aliphatic rings. The fourth-order valence-corrected chi connectivity index (χ4v) is 0.921. The molecule has 0 aromatic carbocycles. The SMILES string of the molecule is [SiH3]N1CCC=N1. The van der Waals surface area contributed by atoms with Gasteiger partial charge in [-0.05, 0) is 0 Å². The van der Waals surface area contributed by atoms with Gasteiger partial charge in [-0.15, -0.1) is 0 Å². The van der Waals surface area contributed by atoms with E-state index in [0.717, 1.165) is 23.4 Å². The van der Waals surface area contributed by atoms with Crippen molar-refractivity contribution in [3.05, 3.63) is 0 Å². The molecular formula is C3H8N2Si. The maximum absolute atomic E-state index is 4.01. The lowest BCUT2D eigenvalue weighted by Crippen LogP contribution is -2.07. The van der Waals surface area contributed by atoms with Crippen molar-refractivity contribution in [3.63, 3.8) is 0 Å².